The van der Waals surface area contributed by atoms with E-state index in [0.717, 1.165) is 11.3 Å². The van der Waals surface area contributed by atoms with Gasteiger partial charge in [-0.05, 0) is 42.9 Å². The van der Waals surface area contributed by atoms with Gasteiger partial charge in [0, 0.05) is 5.75 Å². The molecule has 0 bridgehead atoms. The lowest BCUT2D eigenvalue weighted by Gasteiger charge is -2.15. The van der Waals surface area contributed by atoms with Gasteiger partial charge in [0.15, 0.2) is 0 Å². The Kier molecular flexibility index (Phi) is 6.79. The van der Waals surface area contributed by atoms with Gasteiger partial charge in [0.25, 0.3) is 0 Å². The molecule has 0 fully saturated rings. The average Bonchev–Trinajstić information content (AvgIpc) is 2.37. The van der Waals surface area contributed by atoms with E-state index in [-0.39, 0.29) is 0 Å². The first kappa shape index (κ1) is 15.6. The number of ether oxygens (including phenoxy) is 1. The fraction of sp³-hybridized carbons (Fsp3) is 0.500. The normalized spacial score (nSPS) is 11.5. The van der Waals surface area contributed by atoms with Crippen molar-refractivity contribution in [1.82, 2.24) is 0 Å². The Balaban J connectivity index is 2.63. The molecule has 0 saturated heterocycles. The van der Waals surface area contributed by atoms with E-state index in [1.165, 1.54) is 11.4 Å². The minimum absolute atomic E-state index is 0.377. The molecule has 0 N–H and O–H groups in total. The number of hydrogen-bond acceptors (Lipinski definition) is 5. The van der Waals surface area contributed by atoms with Crippen molar-refractivity contribution in [2.45, 2.75) is 19.6 Å². The van der Waals surface area contributed by atoms with Gasteiger partial charge >= 0.3 is 6.80 Å². The Morgan fingerprint density at radius 3 is 2.44 bits per heavy atom. The minimum atomic E-state index is -3.03. The third-order valence-corrected chi connectivity index (χ3v) is 5.99. The molecule has 18 heavy (non-hydrogen) atoms. The van der Waals surface area contributed by atoms with E-state index in [1.807, 2.05) is 24.3 Å². The summed E-state index contributed by atoms with van der Waals surface area (Å²) in [6.45, 7) is 1.33. The van der Waals surface area contributed by atoms with Crippen molar-refractivity contribution < 1.29 is 18.3 Å². The van der Waals surface area contributed by atoms with E-state index >= 15 is 0 Å². The largest absolute Gasteiger partial charge is 0.497 e. The predicted molar refractivity (Wildman–Crippen MR) is 75.1 cm³/mol. The lowest BCUT2D eigenvalue weighted by molar-refractivity contribution is 0.237. The molecule has 4 nitrogen and oxygen atoms in total. The maximum Gasteiger partial charge on any atom is 0.389 e. The van der Waals surface area contributed by atoms with Gasteiger partial charge in [-0.3, -0.25) is 0 Å². The van der Waals surface area contributed by atoms with E-state index in [2.05, 4.69) is 0 Å². The highest BCUT2D eigenvalue weighted by molar-refractivity contribution is 8.54. The van der Waals surface area contributed by atoms with E-state index < -0.39 is 6.80 Å². The zero-order valence-corrected chi connectivity index (χ0v) is 12.6. The monoisotopic (exact) mass is 290 g/mol. The molecule has 1 aromatic rings. The summed E-state index contributed by atoms with van der Waals surface area (Å²) >= 11 is 1.20. The third kappa shape index (κ3) is 5.02. The van der Waals surface area contributed by atoms with Crippen LogP contribution >= 0.6 is 18.2 Å². The second-order valence-electron chi connectivity index (χ2n) is 3.41. The highest BCUT2D eigenvalue weighted by Gasteiger charge is 2.24. The lowest BCUT2D eigenvalue weighted by atomic mass is 10.2. The molecule has 102 valence electrons. The Morgan fingerprint density at radius 1 is 1.22 bits per heavy atom. The summed E-state index contributed by atoms with van der Waals surface area (Å²) in [7, 11) is 1.62. The Hall–Kier alpha value is -0.480. The number of benzene rings is 1. The molecule has 0 aromatic heterocycles. The van der Waals surface area contributed by atoms with Gasteiger partial charge in [0.05, 0.1) is 20.3 Å². The van der Waals surface area contributed by atoms with Crippen molar-refractivity contribution in [3.05, 3.63) is 29.8 Å². The van der Waals surface area contributed by atoms with Crippen LogP contribution in [0.5, 0.6) is 5.75 Å². The van der Waals surface area contributed by atoms with Crippen LogP contribution in [0.1, 0.15) is 19.4 Å². The number of rotatable bonds is 8. The van der Waals surface area contributed by atoms with Gasteiger partial charge in [-0.15, -0.1) is 0 Å². The SMILES string of the molecule is CCOP(=O)(OCC)SCc1cccc(OC)c1. The summed E-state index contributed by atoms with van der Waals surface area (Å²) in [6, 6.07) is 7.65. The third-order valence-electron chi connectivity index (χ3n) is 2.10. The topological polar surface area (TPSA) is 44.8 Å². The van der Waals surface area contributed by atoms with Crippen LogP contribution in [0, 0.1) is 0 Å². The molecule has 0 heterocycles. The molecule has 0 aliphatic rings. The van der Waals surface area contributed by atoms with Crippen LogP contribution in [0.2, 0.25) is 0 Å². The summed E-state index contributed by atoms with van der Waals surface area (Å²) in [5.41, 5.74) is 1.03. The molecule has 0 unspecified atom stereocenters. The molecule has 0 saturated carbocycles. The van der Waals surface area contributed by atoms with Crippen LogP contribution in [0.3, 0.4) is 0 Å². The lowest BCUT2D eigenvalue weighted by Crippen LogP contribution is -1.93. The van der Waals surface area contributed by atoms with Crippen LogP contribution in [-0.4, -0.2) is 20.3 Å². The van der Waals surface area contributed by atoms with Crippen LogP contribution in [0.15, 0.2) is 24.3 Å². The molecule has 0 amide bonds. The van der Waals surface area contributed by atoms with Crippen LogP contribution in [0.25, 0.3) is 0 Å². The van der Waals surface area contributed by atoms with Gasteiger partial charge in [-0.1, -0.05) is 12.1 Å². The fourth-order valence-electron chi connectivity index (χ4n) is 1.34. The predicted octanol–water partition coefficient (Wildman–Crippen LogP) is 4.11. The van der Waals surface area contributed by atoms with Crippen molar-refractivity contribution in [1.29, 1.82) is 0 Å². The molecule has 0 aliphatic heterocycles. The van der Waals surface area contributed by atoms with Crippen molar-refractivity contribution in [2.24, 2.45) is 0 Å². The van der Waals surface area contributed by atoms with Gasteiger partial charge in [-0.25, -0.2) is 4.57 Å². The summed E-state index contributed by atoms with van der Waals surface area (Å²) < 4.78 is 27.8. The molecule has 0 atom stereocenters. The van der Waals surface area contributed by atoms with E-state index in [4.69, 9.17) is 13.8 Å². The highest BCUT2D eigenvalue weighted by atomic mass is 32.7. The van der Waals surface area contributed by atoms with Gasteiger partial charge in [-0.2, -0.15) is 0 Å². The zero-order chi connectivity index (χ0) is 13.4. The fourth-order valence-corrected chi connectivity index (χ4v) is 4.69. The molecule has 1 aromatic carbocycles. The average molecular weight is 290 g/mol. The van der Waals surface area contributed by atoms with Crippen molar-refractivity contribution in [3.63, 3.8) is 0 Å². The summed E-state index contributed by atoms with van der Waals surface area (Å²) in [5, 5.41) is 0. The minimum Gasteiger partial charge on any atom is -0.497 e. The van der Waals surface area contributed by atoms with Gasteiger partial charge < -0.3 is 13.8 Å². The van der Waals surface area contributed by atoms with E-state index in [1.54, 1.807) is 21.0 Å². The van der Waals surface area contributed by atoms with Crippen molar-refractivity contribution >= 4 is 18.2 Å². The summed E-state index contributed by atoms with van der Waals surface area (Å²) in [5.74, 6) is 1.35. The molecular formula is C12H19O4PS. The van der Waals surface area contributed by atoms with Crippen molar-refractivity contribution in [2.75, 3.05) is 20.3 Å². The maximum absolute atomic E-state index is 12.2. The highest BCUT2D eigenvalue weighted by Crippen LogP contribution is 2.61. The molecule has 6 heteroatoms. The van der Waals surface area contributed by atoms with Crippen LogP contribution in [-0.2, 0) is 19.4 Å². The zero-order valence-electron chi connectivity index (χ0n) is 10.9. The quantitative estimate of drug-likeness (QED) is 0.674. The molecule has 1 rings (SSSR count). The van der Waals surface area contributed by atoms with Crippen molar-refractivity contribution in [3.8, 4) is 5.75 Å². The summed E-state index contributed by atoms with van der Waals surface area (Å²) in [4.78, 5) is 0. The molecule has 0 aliphatic carbocycles. The summed E-state index contributed by atoms with van der Waals surface area (Å²) in [6.07, 6.45) is 0. The number of methoxy groups -OCH3 is 1. The molecule has 0 spiro atoms. The second kappa shape index (κ2) is 7.85. The first-order valence-corrected chi connectivity index (χ1v) is 8.93. The molecular weight excluding hydrogens is 271 g/mol. The van der Waals surface area contributed by atoms with E-state index in [9.17, 15) is 4.57 Å². The van der Waals surface area contributed by atoms with Gasteiger partial charge in [0.1, 0.15) is 5.75 Å². The maximum atomic E-state index is 12.2. The Labute approximate surface area is 112 Å². The van der Waals surface area contributed by atoms with E-state index in [0.29, 0.717) is 19.0 Å². The van der Waals surface area contributed by atoms with Crippen LogP contribution in [0.4, 0.5) is 0 Å². The number of hydrogen-bond donors (Lipinski definition) is 0. The first-order valence-electron chi connectivity index (χ1n) is 5.80. The smallest absolute Gasteiger partial charge is 0.389 e. The van der Waals surface area contributed by atoms with Crippen LogP contribution < -0.4 is 4.74 Å². The standard InChI is InChI=1S/C12H19O4PS/c1-4-15-17(13,16-5-2)18-10-11-7-6-8-12(9-11)14-3/h6-9H,4-5,10H2,1-3H3. The Bertz CT molecular complexity index is 401. The molecule has 0 radical (unpaired) electrons. The Morgan fingerprint density at radius 2 is 1.89 bits per heavy atom. The second-order valence-corrected chi connectivity index (χ2v) is 7.48. The van der Waals surface area contributed by atoms with Gasteiger partial charge in [0.2, 0.25) is 0 Å². The first-order chi connectivity index (χ1) is 8.63.